The van der Waals surface area contributed by atoms with Crippen LogP contribution in [0.3, 0.4) is 0 Å². The zero-order valence-electron chi connectivity index (χ0n) is 18.7. The lowest BCUT2D eigenvalue weighted by molar-refractivity contribution is 0.0342. The first kappa shape index (κ1) is 23.4. The van der Waals surface area contributed by atoms with Crippen molar-refractivity contribution in [1.29, 1.82) is 0 Å². The first-order valence-electron chi connectivity index (χ1n) is 11.3. The number of amides is 1. The summed E-state index contributed by atoms with van der Waals surface area (Å²) in [6.07, 6.45) is 0. The highest BCUT2D eigenvalue weighted by molar-refractivity contribution is 7.99. The molecule has 1 fully saturated rings. The zero-order chi connectivity index (χ0) is 22.7. The number of carbonyl (C=O) groups is 1. The second-order valence-electron chi connectivity index (χ2n) is 7.93. The lowest BCUT2D eigenvalue weighted by atomic mass is 10.1. The van der Waals surface area contributed by atoms with Crippen molar-refractivity contribution in [1.82, 2.24) is 10.2 Å². The van der Waals surface area contributed by atoms with E-state index in [4.69, 9.17) is 9.47 Å². The van der Waals surface area contributed by atoms with Gasteiger partial charge in [-0.3, -0.25) is 9.69 Å². The topological polar surface area (TPSA) is 50.8 Å². The minimum atomic E-state index is -0.0836. The molecule has 4 rings (SSSR count). The molecular formula is C27H30N2O3S. The van der Waals surface area contributed by atoms with Crippen molar-refractivity contribution in [2.24, 2.45) is 0 Å². The molecule has 0 saturated carbocycles. The number of hydrogen-bond donors (Lipinski definition) is 1. The first-order valence-corrected chi connectivity index (χ1v) is 12.3. The Labute approximate surface area is 200 Å². The molecule has 0 unspecified atom stereocenters. The molecule has 0 spiro atoms. The Morgan fingerprint density at radius 2 is 1.70 bits per heavy atom. The summed E-state index contributed by atoms with van der Waals surface area (Å²) in [7, 11) is 0. The number of benzene rings is 3. The van der Waals surface area contributed by atoms with Gasteiger partial charge in [0.05, 0.1) is 19.8 Å². The van der Waals surface area contributed by atoms with Gasteiger partial charge in [0.1, 0.15) is 5.75 Å². The van der Waals surface area contributed by atoms with Crippen LogP contribution < -0.4 is 10.1 Å². The van der Waals surface area contributed by atoms with Crippen molar-refractivity contribution in [3.63, 3.8) is 0 Å². The highest BCUT2D eigenvalue weighted by Gasteiger charge is 2.11. The van der Waals surface area contributed by atoms with Gasteiger partial charge in [-0.2, -0.15) is 0 Å². The van der Waals surface area contributed by atoms with Crippen LogP contribution >= 0.6 is 11.8 Å². The predicted octanol–water partition coefficient (Wildman–Crippen LogP) is 4.62. The number of nitrogens with zero attached hydrogens (tertiary/aromatic N) is 1. The number of hydrogen-bond acceptors (Lipinski definition) is 5. The van der Waals surface area contributed by atoms with Gasteiger partial charge in [-0.25, -0.2) is 0 Å². The Kier molecular flexibility index (Phi) is 8.81. The zero-order valence-corrected chi connectivity index (χ0v) is 19.6. The van der Waals surface area contributed by atoms with E-state index in [1.54, 1.807) is 11.8 Å². The first-order chi connectivity index (χ1) is 16.3. The Bertz CT molecular complexity index is 1010. The third-order valence-corrected chi connectivity index (χ3v) is 6.41. The molecule has 0 radical (unpaired) electrons. The number of nitrogens with one attached hydrogen (secondary N) is 1. The minimum Gasteiger partial charge on any atom is -0.493 e. The van der Waals surface area contributed by atoms with E-state index >= 15 is 0 Å². The second kappa shape index (κ2) is 12.4. The quantitative estimate of drug-likeness (QED) is 0.352. The van der Waals surface area contributed by atoms with Gasteiger partial charge in [0, 0.05) is 42.4 Å². The summed E-state index contributed by atoms with van der Waals surface area (Å²) in [6, 6.07) is 26.0. The molecule has 1 amide bonds. The normalized spacial score (nSPS) is 14.1. The van der Waals surface area contributed by atoms with Crippen LogP contribution in [-0.2, 0) is 17.8 Å². The van der Waals surface area contributed by atoms with Crippen LogP contribution in [0.2, 0.25) is 0 Å². The molecule has 0 atom stereocenters. The molecule has 1 saturated heterocycles. The summed E-state index contributed by atoms with van der Waals surface area (Å²) in [4.78, 5) is 16.2. The largest absolute Gasteiger partial charge is 0.493 e. The average Bonchev–Trinajstić information content (AvgIpc) is 2.87. The SMILES string of the molecule is O=C(NCc1cccc(CN2CCOCC2)c1)c1ccc(OCCSc2ccccc2)cc1. The molecule has 5 nitrogen and oxygen atoms in total. The van der Waals surface area contributed by atoms with Gasteiger partial charge in [-0.05, 0) is 47.5 Å². The van der Waals surface area contributed by atoms with E-state index in [0.29, 0.717) is 18.7 Å². The molecule has 1 aliphatic rings. The Morgan fingerprint density at radius 3 is 2.48 bits per heavy atom. The summed E-state index contributed by atoms with van der Waals surface area (Å²) in [6.45, 7) is 5.56. The van der Waals surface area contributed by atoms with E-state index in [9.17, 15) is 4.79 Å². The summed E-state index contributed by atoms with van der Waals surface area (Å²) < 4.78 is 11.2. The lowest BCUT2D eigenvalue weighted by Gasteiger charge is -2.26. The van der Waals surface area contributed by atoms with Crippen LogP contribution in [-0.4, -0.2) is 49.5 Å². The van der Waals surface area contributed by atoms with E-state index in [2.05, 4.69) is 40.5 Å². The molecule has 0 aromatic heterocycles. The summed E-state index contributed by atoms with van der Waals surface area (Å²) in [5.74, 6) is 1.56. The van der Waals surface area contributed by atoms with Gasteiger partial charge in [0.25, 0.3) is 5.91 Å². The van der Waals surface area contributed by atoms with Gasteiger partial charge >= 0.3 is 0 Å². The number of carbonyl (C=O) groups excluding carboxylic acids is 1. The van der Waals surface area contributed by atoms with Gasteiger partial charge in [-0.15, -0.1) is 11.8 Å². The lowest BCUT2D eigenvalue weighted by Crippen LogP contribution is -2.35. The van der Waals surface area contributed by atoms with Crippen molar-refractivity contribution in [3.05, 3.63) is 95.6 Å². The fraction of sp³-hybridized carbons (Fsp3) is 0.296. The third kappa shape index (κ3) is 7.63. The van der Waals surface area contributed by atoms with Crippen molar-refractivity contribution in [2.45, 2.75) is 18.0 Å². The summed E-state index contributed by atoms with van der Waals surface area (Å²) in [5, 5.41) is 3.02. The maximum absolute atomic E-state index is 12.6. The number of rotatable bonds is 10. The fourth-order valence-corrected chi connectivity index (χ4v) is 4.43. The van der Waals surface area contributed by atoms with Crippen molar-refractivity contribution in [2.75, 3.05) is 38.7 Å². The smallest absolute Gasteiger partial charge is 0.251 e. The maximum atomic E-state index is 12.6. The van der Waals surface area contributed by atoms with E-state index < -0.39 is 0 Å². The molecule has 0 aliphatic carbocycles. The van der Waals surface area contributed by atoms with Crippen LogP contribution in [0.1, 0.15) is 21.5 Å². The van der Waals surface area contributed by atoms with Gasteiger partial charge in [0.2, 0.25) is 0 Å². The third-order valence-electron chi connectivity index (χ3n) is 5.43. The van der Waals surface area contributed by atoms with Gasteiger partial charge < -0.3 is 14.8 Å². The predicted molar refractivity (Wildman–Crippen MR) is 133 cm³/mol. The van der Waals surface area contributed by atoms with Gasteiger partial charge in [-0.1, -0.05) is 42.5 Å². The monoisotopic (exact) mass is 462 g/mol. The molecule has 1 aliphatic heterocycles. The molecule has 1 N–H and O–H groups in total. The van der Waals surface area contributed by atoms with E-state index in [-0.39, 0.29) is 5.91 Å². The molecule has 172 valence electrons. The molecular weight excluding hydrogens is 432 g/mol. The molecule has 3 aromatic rings. The summed E-state index contributed by atoms with van der Waals surface area (Å²) in [5.41, 5.74) is 2.99. The van der Waals surface area contributed by atoms with Crippen LogP contribution in [0.15, 0.2) is 83.8 Å². The molecule has 0 bridgehead atoms. The Morgan fingerprint density at radius 1 is 0.939 bits per heavy atom. The van der Waals surface area contributed by atoms with Gasteiger partial charge in [0.15, 0.2) is 0 Å². The Balaban J connectivity index is 1.20. The van der Waals surface area contributed by atoms with E-state index in [1.165, 1.54) is 10.5 Å². The van der Waals surface area contributed by atoms with Crippen LogP contribution in [0.5, 0.6) is 5.75 Å². The fourth-order valence-electron chi connectivity index (χ4n) is 3.68. The Hall–Kier alpha value is -2.80. The minimum absolute atomic E-state index is 0.0836. The molecule has 33 heavy (non-hydrogen) atoms. The molecule has 6 heteroatoms. The highest BCUT2D eigenvalue weighted by Crippen LogP contribution is 2.18. The number of ether oxygens (including phenoxy) is 2. The maximum Gasteiger partial charge on any atom is 0.251 e. The van der Waals surface area contributed by atoms with Crippen LogP contribution in [0, 0.1) is 0 Å². The molecule has 1 heterocycles. The van der Waals surface area contributed by atoms with E-state index in [0.717, 1.165) is 49.9 Å². The summed E-state index contributed by atoms with van der Waals surface area (Å²) >= 11 is 1.77. The molecule has 3 aromatic carbocycles. The standard InChI is InChI=1S/C27H30N2O3S/c30-27(28-20-22-5-4-6-23(19-22)21-29-13-15-31-16-14-29)24-9-11-25(12-10-24)32-17-18-33-26-7-2-1-3-8-26/h1-12,19H,13-18,20-21H2,(H,28,30). The average molecular weight is 463 g/mol. The van der Waals surface area contributed by atoms with Crippen LogP contribution in [0.4, 0.5) is 0 Å². The highest BCUT2D eigenvalue weighted by atomic mass is 32.2. The van der Waals surface area contributed by atoms with Crippen molar-refractivity contribution in [3.8, 4) is 5.75 Å². The van der Waals surface area contributed by atoms with E-state index in [1.807, 2.05) is 48.5 Å². The number of morpholine rings is 1. The van der Waals surface area contributed by atoms with Crippen molar-refractivity contribution < 1.29 is 14.3 Å². The van der Waals surface area contributed by atoms with Crippen molar-refractivity contribution >= 4 is 17.7 Å². The number of thioether (sulfide) groups is 1. The van der Waals surface area contributed by atoms with Crippen LogP contribution in [0.25, 0.3) is 0 Å². The second-order valence-corrected chi connectivity index (χ2v) is 9.09.